The predicted octanol–water partition coefficient (Wildman–Crippen LogP) is -0.482. The first kappa shape index (κ1) is 14.9. The van der Waals surface area contributed by atoms with Gasteiger partial charge in [0.05, 0.1) is 0 Å². The fourth-order valence-corrected chi connectivity index (χ4v) is 2.17. The normalized spacial score (nSPS) is 17.1. The molecule has 0 saturated carbocycles. The lowest BCUT2D eigenvalue weighted by atomic mass is 10.2. The van der Waals surface area contributed by atoms with Crippen LogP contribution in [-0.2, 0) is 6.54 Å². The molecule has 1 saturated heterocycles. The van der Waals surface area contributed by atoms with Crippen molar-refractivity contribution in [2.24, 2.45) is 5.73 Å². The Bertz CT molecular complexity index is 426. The molecule has 0 bridgehead atoms. The molecule has 0 aromatic carbocycles. The van der Waals surface area contributed by atoms with Crippen molar-refractivity contribution in [3.8, 4) is 0 Å². The van der Waals surface area contributed by atoms with Gasteiger partial charge in [0.2, 0.25) is 0 Å². The molecule has 0 atom stereocenters. The molecule has 1 aliphatic heterocycles. The number of rotatable bonds is 5. The number of likely N-dealkylation sites (N-methyl/N-ethyl adjacent to an activating group) is 1. The largest absolute Gasteiger partial charge is 0.349 e. The molecule has 6 nitrogen and oxygen atoms in total. The average Bonchev–Trinajstić information content (AvgIpc) is 2.49. The van der Waals surface area contributed by atoms with Crippen molar-refractivity contribution in [3.05, 3.63) is 29.6 Å². The summed E-state index contributed by atoms with van der Waals surface area (Å²) >= 11 is 0. The van der Waals surface area contributed by atoms with Crippen LogP contribution < -0.4 is 11.1 Å². The van der Waals surface area contributed by atoms with E-state index < -0.39 is 0 Å². The molecular weight excluding hydrogens is 254 g/mol. The van der Waals surface area contributed by atoms with Crippen LogP contribution in [0.5, 0.6) is 0 Å². The van der Waals surface area contributed by atoms with Crippen LogP contribution >= 0.6 is 0 Å². The summed E-state index contributed by atoms with van der Waals surface area (Å²) in [6.45, 7) is 6.30. The maximum atomic E-state index is 11.9. The van der Waals surface area contributed by atoms with Gasteiger partial charge in [-0.25, -0.2) is 0 Å². The minimum atomic E-state index is -0.123. The molecule has 3 N–H and O–H groups in total. The number of pyridine rings is 1. The molecular formula is C14H23N5O. The van der Waals surface area contributed by atoms with E-state index in [9.17, 15) is 4.79 Å². The minimum absolute atomic E-state index is 0.123. The number of hydrogen-bond donors (Lipinski definition) is 2. The molecule has 0 aliphatic carbocycles. The quantitative estimate of drug-likeness (QED) is 0.760. The lowest BCUT2D eigenvalue weighted by Gasteiger charge is -2.32. The highest BCUT2D eigenvalue weighted by atomic mass is 16.1. The van der Waals surface area contributed by atoms with Crippen LogP contribution in [0.2, 0.25) is 0 Å². The van der Waals surface area contributed by atoms with Gasteiger partial charge in [-0.3, -0.25) is 14.7 Å². The molecule has 1 aliphatic rings. The lowest BCUT2D eigenvalue weighted by molar-refractivity contribution is 0.0936. The van der Waals surface area contributed by atoms with Gasteiger partial charge >= 0.3 is 0 Å². The van der Waals surface area contributed by atoms with Crippen LogP contribution in [0.1, 0.15) is 16.1 Å². The molecule has 0 spiro atoms. The number of carbonyl (C=O) groups excluding carboxylic acids is 1. The second-order valence-electron chi connectivity index (χ2n) is 5.16. The van der Waals surface area contributed by atoms with Crippen LogP contribution in [0.15, 0.2) is 18.3 Å². The number of aromatic nitrogens is 1. The molecule has 6 heteroatoms. The lowest BCUT2D eigenvalue weighted by Crippen LogP contribution is -2.46. The van der Waals surface area contributed by atoms with Crippen LogP contribution in [0.3, 0.4) is 0 Å². The average molecular weight is 277 g/mol. The van der Waals surface area contributed by atoms with Crippen molar-refractivity contribution in [2.45, 2.75) is 6.54 Å². The molecule has 1 fully saturated rings. The highest BCUT2D eigenvalue weighted by Gasteiger charge is 2.13. The van der Waals surface area contributed by atoms with Gasteiger partial charge in [-0.1, -0.05) is 6.07 Å². The van der Waals surface area contributed by atoms with Gasteiger partial charge in [-0.05, 0) is 18.7 Å². The van der Waals surface area contributed by atoms with E-state index in [0.29, 0.717) is 18.8 Å². The van der Waals surface area contributed by atoms with E-state index in [1.807, 2.05) is 6.07 Å². The summed E-state index contributed by atoms with van der Waals surface area (Å²) in [5.74, 6) is -0.123. The van der Waals surface area contributed by atoms with Gasteiger partial charge in [0.25, 0.3) is 5.91 Å². The van der Waals surface area contributed by atoms with Crippen molar-refractivity contribution in [1.82, 2.24) is 20.1 Å². The van der Waals surface area contributed by atoms with E-state index in [1.54, 1.807) is 12.3 Å². The van der Waals surface area contributed by atoms with Gasteiger partial charge in [-0.2, -0.15) is 0 Å². The number of piperazine rings is 1. The summed E-state index contributed by atoms with van der Waals surface area (Å²) in [5.41, 5.74) is 6.87. The predicted molar refractivity (Wildman–Crippen MR) is 78.4 cm³/mol. The van der Waals surface area contributed by atoms with Crippen LogP contribution in [0, 0.1) is 0 Å². The third-order valence-corrected chi connectivity index (χ3v) is 3.60. The zero-order chi connectivity index (χ0) is 14.4. The SMILES string of the molecule is CN1CCN(CCNC(=O)c2ccc(CN)cn2)CC1. The maximum absolute atomic E-state index is 11.9. The number of nitrogens with zero attached hydrogens (tertiary/aromatic N) is 3. The van der Waals surface area contributed by atoms with Crippen LogP contribution in [-0.4, -0.2) is 67.0 Å². The van der Waals surface area contributed by atoms with E-state index in [0.717, 1.165) is 38.3 Å². The third kappa shape index (κ3) is 4.26. The minimum Gasteiger partial charge on any atom is -0.349 e. The Morgan fingerprint density at radius 2 is 2.10 bits per heavy atom. The Morgan fingerprint density at radius 3 is 2.70 bits per heavy atom. The molecule has 1 aromatic heterocycles. The van der Waals surface area contributed by atoms with Crippen LogP contribution in [0.4, 0.5) is 0 Å². The van der Waals surface area contributed by atoms with E-state index in [1.165, 1.54) is 0 Å². The van der Waals surface area contributed by atoms with E-state index in [2.05, 4.69) is 27.1 Å². The highest BCUT2D eigenvalue weighted by Crippen LogP contribution is 2.00. The second kappa shape index (κ2) is 7.33. The summed E-state index contributed by atoms with van der Waals surface area (Å²) in [7, 11) is 2.13. The van der Waals surface area contributed by atoms with E-state index in [-0.39, 0.29) is 5.91 Å². The third-order valence-electron chi connectivity index (χ3n) is 3.60. The summed E-state index contributed by atoms with van der Waals surface area (Å²) in [4.78, 5) is 20.7. The Balaban J connectivity index is 1.71. The fraction of sp³-hybridized carbons (Fsp3) is 0.571. The van der Waals surface area contributed by atoms with E-state index in [4.69, 9.17) is 5.73 Å². The second-order valence-corrected chi connectivity index (χ2v) is 5.16. The Morgan fingerprint density at radius 1 is 1.35 bits per heavy atom. The number of nitrogens with two attached hydrogens (primary N) is 1. The van der Waals surface area contributed by atoms with Gasteiger partial charge in [0.15, 0.2) is 0 Å². The Kier molecular flexibility index (Phi) is 5.46. The number of amides is 1. The monoisotopic (exact) mass is 277 g/mol. The summed E-state index contributed by atoms with van der Waals surface area (Å²) < 4.78 is 0. The van der Waals surface area contributed by atoms with Crippen LogP contribution in [0.25, 0.3) is 0 Å². The smallest absolute Gasteiger partial charge is 0.269 e. The first-order chi connectivity index (χ1) is 9.69. The van der Waals surface area contributed by atoms with Crippen molar-refractivity contribution in [1.29, 1.82) is 0 Å². The zero-order valence-corrected chi connectivity index (χ0v) is 12.0. The molecule has 2 rings (SSSR count). The molecule has 20 heavy (non-hydrogen) atoms. The number of hydrogen-bond acceptors (Lipinski definition) is 5. The van der Waals surface area contributed by atoms with Crippen molar-refractivity contribution in [2.75, 3.05) is 46.3 Å². The molecule has 2 heterocycles. The standard InChI is InChI=1S/C14H23N5O/c1-18-6-8-19(9-7-18)5-4-16-14(20)13-3-2-12(10-15)11-17-13/h2-3,11H,4-10,15H2,1H3,(H,16,20). The first-order valence-electron chi connectivity index (χ1n) is 7.03. The van der Waals surface area contributed by atoms with Gasteiger partial charge in [-0.15, -0.1) is 0 Å². The van der Waals surface area contributed by atoms with Gasteiger partial charge in [0.1, 0.15) is 5.69 Å². The Labute approximate surface area is 120 Å². The molecule has 110 valence electrons. The van der Waals surface area contributed by atoms with Crippen molar-refractivity contribution < 1.29 is 4.79 Å². The molecule has 0 radical (unpaired) electrons. The molecule has 1 amide bonds. The fourth-order valence-electron chi connectivity index (χ4n) is 2.17. The summed E-state index contributed by atoms with van der Waals surface area (Å²) in [6.07, 6.45) is 1.65. The van der Waals surface area contributed by atoms with Gasteiger partial charge in [0, 0.05) is 52.0 Å². The van der Waals surface area contributed by atoms with Crippen molar-refractivity contribution >= 4 is 5.91 Å². The number of carbonyl (C=O) groups is 1. The van der Waals surface area contributed by atoms with E-state index >= 15 is 0 Å². The highest BCUT2D eigenvalue weighted by molar-refractivity contribution is 5.92. The van der Waals surface area contributed by atoms with Crippen molar-refractivity contribution in [3.63, 3.8) is 0 Å². The summed E-state index contributed by atoms with van der Waals surface area (Å²) in [6, 6.07) is 3.55. The topological polar surface area (TPSA) is 74.5 Å². The molecule has 1 aromatic rings. The zero-order valence-electron chi connectivity index (χ0n) is 12.0. The molecule has 0 unspecified atom stereocenters. The summed E-state index contributed by atoms with van der Waals surface area (Å²) in [5, 5.41) is 2.91. The first-order valence-corrected chi connectivity index (χ1v) is 7.03. The van der Waals surface area contributed by atoms with Gasteiger partial charge < -0.3 is 16.0 Å². The Hall–Kier alpha value is -1.50. The maximum Gasteiger partial charge on any atom is 0.269 e. The number of nitrogens with one attached hydrogen (secondary N) is 1.